The van der Waals surface area contributed by atoms with Gasteiger partial charge in [0.2, 0.25) is 0 Å². The summed E-state index contributed by atoms with van der Waals surface area (Å²) in [6.45, 7) is -1.32. The Kier molecular flexibility index (Phi) is 14.7. The van der Waals surface area contributed by atoms with Crippen molar-refractivity contribution in [1.29, 1.82) is 0 Å². The van der Waals surface area contributed by atoms with E-state index in [0.29, 0.717) is 0 Å². The molecule has 16 heteroatoms. The van der Waals surface area contributed by atoms with Gasteiger partial charge in [-0.3, -0.25) is 0 Å². The average molecular weight is 863 g/mol. The van der Waals surface area contributed by atoms with Crippen LogP contribution in [0.15, 0.2) is 152 Å². The highest BCUT2D eigenvalue weighted by Crippen LogP contribution is 2.33. The first-order chi connectivity index (χ1) is 30.6. The molecule has 3 N–H and O–H groups in total. The van der Waals surface area contributed by atoms with Gasteiger partial charge in [0.25, 0.3) is 0 Å². The van der Waals surface area contributed by atoms with Crippen molar-refractivity contribution in [2.24, 2.45) is 0 Å². The monoisotopic (exact) mass is 862 g/mol. The molecule has 0 amide bonds. The predicted octanol–water partition coefficient (Wildman–Crippen LogP) is 3.93. The molecule has 0 bridgehead atoms. The van der Waals surface area contributed by atoms with Crippen LogP contribution < -0.4 is 0 Å². The Morgan fingerprint density at radius 3 is 1.13 bits per heavy atom. The van der Waals surface area contributed by atoms with Crippen LogP contribution in [0.5, 0.6) is 0 Å². The van der Waals surface area contributed by atoms with Gasteiger partial charge in [0, 0.05) is 0 Å². The largest absolute Gasteiger partial charge is 0.459 e. The second kappa shape index (κ2) is 20.9. The summed E-state index contributed by atoms with van der Waals surface area (Å²) in [5.74, 6) is -4.42. The van der Waals surface area contributed by atoms with Crippen LogP contribution in [0.4, 0.5) is 0 Å². The minimum atomic E-state index is -2.04. The lowest BCUT2D eigenvalue weighted by molar-refractivity contribution is -0.353. The molecule has 10 atom stereocenters. The molecule has 16 nitrogen and oxygen atoms in total. The minimum Gasteiger partial charge on any atom is -0.459 e. The molecular formula is C47H42O16. The van der Waals surface area contributed by atoms with Crippen molar-refractivity contribution in [3.05, 3.63) is 179 Å². The maximum atomic E-state index is 13.7. The molecule has 2 aliphatic heterocycles. The van der Waals surface area contributed by atoms with E-state index < -0.39 is 104 Å². The Balaban J connectivity index is 1.22. The summed E-state index contributed by atoms with van der Waals surface area (Å²) in [5, 5.41) is 35.0. The fourth-order valence-electron chi connectivity index (χ4n) is 6.84. The van der Waals surface area contributed by atoms with Gasteiger partial charge in [-0.25, -0.2) is 24.0 Å². The second-order valence-corrected chi connectivity index (χ2v) is 14.3. The molecule has 2 fully saturated rings. The number of ether oxygens (including phenoxy) is 8. The van der Waals surface area contributed by atoms with Crippen LogP contribution in [-0.4, -0.2) is 120 Å². The van der Waals surface area contributed by atoms with E-state index in [9.17, 15) is 39.3 Å². The van der Waals surface area contributed by atoms with Gasteiger partial charge in [-0.1, -0.05) is 91.0 Å². The van der Waals surface area contributed by atoms with Crippen LogP contribution in [0, 0.1) is 0 Å². The third-order valence-electron chi connectivity index (χ3n) is 10.1. The van der Waals surface area contributed by atoms with Gasteiger partial charge in [0.15, 0.2) is 30.9 Å². The normalized spacial score (nSPS) is 25.4. The maximum Gasteiger partial charge on any atom is 0.338 e. The number of carbonyl (C=O) groups is 5. The molecule has 0 aliphatic carbocycles. The molecule has 5 aromatic carbocycles. The Hall–Kier alpha value is -6.79. The minimum absolute atomic E-state index is 0.0577. The maximum absolute atomic E-state index is 13.7. The standard InChI is InChI=1S/C47H42O16/c48-35-37(33(26-56-41(50)28-16-6-1-7-17-28)58-46(55)40(35)62-45(54)32-24-14-5-15-25-32)63-47-36(49)39(61-44(53)31-22-12-4-13-23-31)38(60-43(52)30-20-10-3-11-21-30)34(59-47)27-57-42(51)29-18-8-2-9-19-29/h1-25,33-40,46-49,55H,26-27H2/t33-,34-,35+,36-,37-,38-,39-,40-,46-,47+/m1/s1. The van der Waals surface area contributed by atoms with Gasteiger partial charge in [0.05, 0.1) is 27.8 Å². The molecule has 5 aromatic rings. The Morgan fingerprint density at radius 1 is 0.397 bits per heavy atom. The van der Waals surface area contributed by atoms with E-state index in [-0.39, 0.29) is 27.8 Å². The van der Waals surface area contributed by atoms with Crippen LogP contribution in [-0.2, 0) is 37.9 Å². The van der Waals surface area contributed by atoms with Crippen molar-refractivity contribution in [1.82, 2.24) is 0 Å². The molecule has 326 valence electrons. The molecule has 0 saturated carbocycles. The van der Waals surface area contributed by atoms with Gasteiger partial charge in [-0.15, -0.1) is 0 Å². The molecule has 0 spiro atoms. The van der Waals surface area contributed by atoms with E-state index >= 15 is 0 Å². The van der Waals surface area contributed by atoms with E-state index in [1.165, 1.54) is 60.7 Å². The third-order valence-corrected chi connectivity index (χ3v) is 10.1. The summed E-state index contributed by atoms with van der Waals surface area (Å²) in [7, 11) is 0. The molecule has 63 heavy (non-hydrogen) atoms. The zero-order valence-electron chi connectivity index (χ0n) is 33.3. The fraction of sp³-hybridized carbons (Fsp3) is 0.255. The highest BCUT2D eigenvalue weighted by atomic mass is 16.7. The summed E-state index contributed by atoms with van der Waals surface area (Å²) in [4.78, 5) is 66.7. The second-order valence-electron chi connectivity index (χ2n) is 14.3. The van der Waals surface area contributed by atoms with E-state index in [2.05, 4.69) is 0 Å². The SMILES string of the molecule is O=C(OC[C@H]1O[C@@H](O)[C@H](OC(=O)c2ccccc2)[C@@H](O)[C@@H]1O[C@@H]1O[C@H](COC(=O)c2ccccc2)[C@@H](OC(=O)c2ccccc2)[C@H](OC(=O)c2ccccc2)[C@H]1O)c1ccccc1. The molecule has 0 unspecified atom stereocenters. The number of esters is 5. The summed E-state index contributed by atoms with van der Waals surface area (Å²) >= 11 is 0. The lowest BCUT2D eigenvalue weighted by atomic mass is 9.96. The van der Waals surface area contributed by atoms with Gasteiger partial charge >= 0.3 is 29.8 Å². The predicted molar refractivity (Wildman–Crippen MR) is 217 cm³/mol. The van der Waals surface area contributed by atoms with Crippen molar-refractivity contribution < 1.29 is 77.2 Å². The number of carbonyl (C=O) groups excluding carboxylic acids is 5. The first-order valence-electron chi connectivity index (χ1n) is 19.8. The van der Waals surface area contributed by atoms with E-state index in [1.54, 1.807) is 91.0 Å². The Morgan fingerprint density at radius 2 is 0.730 bits per heavy atom. The Labute approximate surface area is 360 Å². The quantitative estimate of drug-likeness (QED) is 0.106. The van der Waals surface area contributed by atoms with Gasteiger partial charge in [-0.05, 0) is 60.7 Å². The van der Waals surface area contributed by atoms with Crippen molar-refractivity contribution in [2.45, 2.75) is 61.4 Å². The van der Waals surface area contributed by atoms with E-state index in [0.717, 1.165) is 0 Å². The van der Waals surface area contributed by atoms with Crippen molar-refractivity contribution in [3.8, 4) is 0 Å². The van der Waals surface area contributed by atoms with Crippen LogP contribution in [0.25, 0.3) is 0 Å². The molecule has 0 radical (unpaired) electrons. The van der Waals surface area contributed by atoms with E-state index in [4.69, 9.17) is 37.9 Å². The van der Waals surface area contributed by atoms with Crippen LogP contribution in [0.2, 0.25) is 0 Å². The highest BCUT2D eigenvalue weighted by molar-refractivity contribution is 5.91. The number of aliphatic hydroxyl groups excluding tert-OH is 3. The smallest absolute Gasteiger partial charge is 0.338 e. The first kappa shape index (κ1) is 44.3. The Bertz CT molecular complexity index is 2300. The number of hydrogen-bond donors (Lipinski definition) is 3. The number of benzene rings is 5. The summed E-state index contributed by atoms with van der Waals surface area (Å²) < 4.78 is 46.5. The zero-order chi connectivity index (χ0) is 44.3. The molecule has 2 heterocycles. The third kappa shape index (κ3) is 11.0. The summed E-state index contributed by atoms with van der Waals surface area (Å²) in [6, 6.07) is 39.0. The van der Waals surface area contributed by atoms with Crippen LogP contribution in [0.1, 0.15) is 51.8 Å². The lowest BCUT2D eigenvalue weighted by Crippen LogP contribution is -2.66. The van der Waals surface area contributed by atoms with Gasteiger partial charge in [0.1, 0.15) is 43.7 Å². The topological polar surface area (TPSA) is 220 Å². The van der Waals surface area contributed by atoms with Crippen LogP contribution in [0.3, 0.4) is 0 Å². The first-order valence-corrected chi connectivity index (χ1v) is 19.8. The molecule has 2 aliphatic rings. The molecular weight excluding hydrogens is 821 g/mol. The zero-order valence-corrected chi connectivity index (χ0v) is 33.3. The lowest BCUT2D eigenvalue weighted by Gasteiger charge is -2.47. The molecule has 7 rings (SSSR count). The molecule has 0 aromatic heterocycles. The summed E-state index contributed by atoms with van der Waals surface area (Å²) in [5.41, 5.74) is 0.549. The summed E-state index contributed by atoms with van der Waals surface area (Å²) in [6.07, 6.45) is -18.0. The highest BCUT2D eigenvalue weighted by Gasteiger charge is 2.55. The van der Waals surface area contributed by atoms with E-state index in [1.807, 2.05) is 0 Å². The average Bonchev–Trinajstić information content (AvgIpc) is 3.33. The number of rotatable bonds is 14. The molecule has 2 saturated heterocycles. The van der Waals surface area contributed by atoms with Gasteiger partial charge in [-0.2, -0.15) is 0 Å². The van der Waals surface area contributed by atoms with Crippen molar-refractivity contribution in [2.75, 3.05) is 13.2 Å². The fourth-order valence-corrected chi connectivity index (χ4v) is 6.84. The van der Waals surface area contributed by atoms with Crippen LogP contribution >= 0.6 is 0 Å². The number of hydrogen-bond acceptors (Lipinski definition) is 16. The van der Waals surface area contributed by atoms with Gasteiger partial charge < -0.3 is 53.2 Å². The van der Waals surface area contributed by atoms with Crippen molar-refractivity contribution in [3.63, 3.8) is 0 Å². The van der Waals surface area contributed by atoms with Crippen molar-refractivity contribution >= 4 is 29.8 Å². The number of aliphatic hydroxyl groups is 3.